The van der Waals surface area contributed by atoms with E-state index in [9.17, 15) is 9.18 Å². The van der Waals surface area contributed by atoms with E-state index in [1.54, 1.807) is 36.2 Å². The van der Waals surface area contributed by atoms with E-state index in [2.05, 4.69) is 0 Å². The molecule has 0 radical (unpaired) electrons. The van der Waals surface area contributed by atoms with Gasteiger partial charge in [-0.15, -0.1) is 0 Å². The van der Waals surface area contributed by atoms with Crippen LogP contribution in [0.25, 0.3) is 0 Å². The highest BCUT2D eigenvalue weighted by atomic mass is 19.1. The summed E-state index contributed by atoms with van der Waals surface area (Å²) in [5.41, 5.74) is 8.71. The molecule has 0 aliphatic heterocycles. The van der Waals surface area contributed by atoms with Gasteiger partial charge in [0.15, 0.2) is 0 Å². The molecular formula is C16H17FN2O. The summed E-state index contributed by atoms with van der Waals surface area (Å²) in [6.45, 7) is 2.32. The Hall–Kier alpha value is -2.36. The summed E-state index contributed by atoms with van der Waals surface area (Å²) in [5, 5.41) is 0. The number of hydrogen-bond acceptors (Lipinski definition) is 2. The highest BCUT2D eigenvalue weighted by Crippen LogP contribution is 2.14. The SMILES string of the molecule is Cc1cc(N)cc(C(=O)N(C)Cc2ccc(F)cc2)c1. The smallest absolute Gasteiger partial charge is 0.253 e. The van der Waals surface area contributed by atoms with Crippen molar-refractivity contribution in [3.63, 3.8) is 0 Å². The fourth-order valence-corrected chi connectivity index (χ4v) is 2.09. The predicted octanol–water partition coefficient (Wildman–Crippen LogP) is 2.99. The third-order valence-electron chi connectivity index (χ3n) is 3.03. The molecule has 104 valence electrons. The normalized spacial score (nSPS) is 10.3. The predicted molar refractivity (Wildman–Crippen MR) is 77.8 cm³/mol. The number of amides is 1. The van der Waals surface area contributed by atoms with Crippen molar-refractivity contribution in [2.24, 2.45) is 0 Å². The number of carbonyl (C=O) groups is 1. The Morgan fingerprint density at radius 2 is 1.85 bits per heavy atom. The van der Waals surface area contributed by atoms with Crippen molar-refractivity contribution in [2.45, 2.75) is 13.5 Å². The lowest BCUT2D eigenvalue weighted by molar-refractivity contribution is 0.0785. The number of nitrogens with two attached hydrogens (primary N) is 1. The number of nitrogens with zero attached hydrogens (tertiary/aromatic N) is 1. The van der Waals surface area contributed by atoms with Crippen LogP contribution in [0.5, 0.6) is 0 Å². The number of rotatable bonds is 3. The molecule has 0 aliphatic carbocycles. The summed E-state index contributed by atoms with van der Waals surface area (Å²) < 4.78 is 12.8. The van der Waals surface area contributed by atoms with Crippen molar-refractivity contribution in [3.05, 3.63) is 65.0 Å². The van der Waals surface area contributed by atoms with Crippen molar-refractivity contribution in [1.82, 2.24) is 4.90 Å². The van der Waals surface area contributed by atoms with Gasteiger partial charge in [0.2, 0.25) is 0 Å². The van der Waals surface area contributed by atoms with E-state index < -0.39 is 0 Å². The first-order chi connectivity index (χ1) is 9.45. The van der Waals surface area contributed by atoms with Crippen molar-refractivity contribution in [3.8, 4) is 0 Å². The maximum atomic E-state index is 12.8. The second-order valence-corrected chi connectivity index (χ2v) is 4.92. The average molecular weight is 272 g/mol. The molecule has 0 spiro atoms. The third-order valence-corrected chi connectivity index (χ3v) is 3.03. The molecule has 0 aromatic heterocycles. The maximum Gasteiger partial charge on any atom is 0.253 e. The zero-order chi connectivity index (χ0) is 14.7. The van der Waals surface area contributed by atoms with Crippen LogP contribution in [0.4, 0.5) is 10.1 Å². The molecule has 0 saturated carbocycles. The molecule has 20 heavy (non-hydrogen) atoms. The number of nitrogen functional groups attached to an aromatic ring is 1. The number of halogens is 1. The summed E-state index contributed by atoms with van der Waals surface area (Å²) >= 11 is 0. The first-order valence-corrected chi connectivity index (χ1v) is 6.33. The van der Waals surface area contributed by atoms with Gasteiger partial charge in [0.1, 0.15) is 5.82 Å². The van der Waals surface area contributed by atoms with Crippen LogP contribution in [-0.2, 0) is 6.54 Å². The van der Waals surface area contributed by atoms with Gasteiger partial charge in [0, 0.05) is 24.8 Å². The molecule has 0 saturated heterocycles. The first-order valence-electron chi connectivity index (χ1n) is 6.33. The summed E-state index contributed by atoms with van der Waals surface area (Å²) in [4.78, 5) is 13.9. The van der Waals surface area contributed by atoms with E-state index in [-0.39, 0.29) is 11.7 Å². The van der Waals surface area contributed by atoms with E-state index in [1.165, 1.54) is 12.1 Å². The van der Waals surface area contributed by atoms with Gasteiger partial charge in [0.05, 0.1) is 0 Å². The van der Waals surface area contributed by atoms with Gasteiger partial charge in [-0.25, -0.2) is 4.39 Å². The molecule has 2 rings (SSSR count). The van der Waals surface area contributed by atoms with Crippen molar-refractivity contribution >= 4 is 11.6 Å². The van der Waals surface area contributed by atoms with Gasteiger partial charge in [0.25, 0.3) is 5.91 Å². The number of benzene rings is 2. The molecule has 1 amide bonds. The van der Waals surface area contributed by atoms with Gasteiger partial charge < -0.3 is 10.6 Å². The minimum absolute atomic E-state index is 0.107. The number of hydrogen-bond donors (Lipinski definition) is 1. The Labute approximate surface area is 117 Å². The number of aryl methyl sites for hydroxylation is 1. The van der Waals surface area contributed by atoms with Crippen molar-refractivity contribution in [1.29, 1.82) is 0 Å². The van der Waals surface area contributed by atoms with E-state index >= 15 is 0 Å². The summed E-state index contributed by atoms with van der Waals surface area (Å²) in [5.74, 6) is -0.390. The van der Waals surface area contributed by atoms with Gasteiger partial charge in [-0.2, -0.15) is 0 Å². The van der Waals surface area contributed by atoms with Crippen LogP contribution >= 0.6 is 0 Å². The molecule has 0 fully saturated rings. The Morgan fingerprint density at radius 1 is 1.20 bits per heavy atom. The lowest BCUT2D eigenvalue weighted by Crippen LogP contribution is -2.26. The van der Waals surface area contributed by atoms with Gasteiger partial charge >= 0.3 is 0 Å². The third kappa shape index (κ3) is 3.35. The quantitative estimate of drug-likeness (QED) is 0.873. The standard InChI is InChI=1S/C16H17FN2O/c1-11-7-13(9-15(18)8-11)16(20)19(2)10-12-3-5-14(17)6-4-12/h3-9H,10,18H2,1-2H3. The maximum absolute atomic E-state index is 12.8. The second kappa shape index (κ2) is 5.74. The minimum Gasteiger partial charge on any atom is -0.399 e. The molecule has 0 unspecified atom stereocenters. The topological polar surface area (TPSA) is 46.3 Å². The molecular weight excluding hydrogens is 255 g/mol. The average Bonchev–Trinajstić information content (AvgIpc) is 2.39. The zero-order valence-corrected chi connectivity index (χ0v) is 11.6. The second-order valence-electron chi connectivity index (χ2n) is 4.92. The van der Waals surface area contributed by atoms with Crippen LogP contribution < -0.4 is 5.73 Å². The first kappa shape index (κ1) is 14.1. The highest BCUT2D eigenvalue weighted by Gasteiger charge is 2.13. The Morgan fingerprint density at radius 3 is 2.45 bits per heavy atom. The van der Waals surface area contributed by atoms with Gasteiger partial charge in [-0.3, -0.25) is 4.79 Å². The molecule has 0 bridgehead atoms. The summed E-state index contributed by atoms with van der Waals surface area (Å²) in [7, 11) is 1.71. The lowest BCUT2D eigenvalue weighted by Gasteiger charge is -2.18. The largest absolute Gasteiger partial charge is 0.399 e. The molecule has 0 heterocycles. The molecule has 2 N–H and O–H groups in total. The van der Waals surface area contributed by atoms with Crippen molar-refractivity contribution < 1.29 is 9.18 Å². The van der Waals surface area contributed by atoms with Gasteiger partial charge in [-0.05, 0) is 48.4 Å². The van der Waals surface area contributed by atoms with Crippen LogP contribution in [0.3, 0.4) is 0 Å². The van der Waals surface area contributed by atoms with Crippen molar-refractivity contribution in [2.75, 3.05) is 12.8 Å². The molecule has 0 atom stereocenters. The fraction of sp³-hybridized carbons (Fsp3) is 0.188. The Balaban J connectivity index is 2.14. The monoisotopic (exact) mass is 272 g/mol. The summed E-state index contributed by atoms with van der Waals surface area (Å²) in [6.07, 6.45) is 0. The minimum atomic E-state index is -0.283. The highest BCUT2D eigenvalue weighted by molar-refractivity contribution is 5.95. The fourth-order valence-electron chi connectivity index (χ4n) is 2.09. The Kier molecular flexibility index (Phi) is 4.03. The van der Waals surface area contributed by atoms with Crippen LogP contribution in [-0.4, -0.2) is 17.9 Å². The van der Waals surface area contributed by atoms with E-state index in [4.69, 9.17) is 5.73 Å². The molecule has 0 aliphatic rings. The molecule has 2 aromatic rings. The zero-order valence-electron chi connectivity index (χ0n) is 11.6. The van der Waals surface area contributed by atoms with Crippen LogP contribution in [0.2, 0.25) is 0 Å². The lowest BCUT2D eigenvalue weighted by atomic mass is 10.1. The molecule has 3 nitrogen and oxygen atoms in total. The van der Waals surface area contributed by atoms with Crippen LogP contribution in [0, 0.1) is 12.7 Å². The van der Waals surface area contributed by atoms with E-state index in [0.717, 1.165) is 11.1 Å². The van der Waals surface area contributed by atoms with Crippen LogP contribution in [0.15, 0.2) is 42.5 Å². The number of carbonyl (C=O) groups excluding carboxylic acids is 1. The molecule has 4 heteroatoms. The number of anilines is 1. The van der Waals surface area contributed by atoms with Gasteiger partial charge in [-0.1, -0.05) is 12.1 Å². The van der Waals surface area contributed by atoms with E-state index in [1.807, 2.05) is 13.0 Å². The van der Waals surface area contributed by atoms with Crippen LogP contribution in [0.1, 0.15) is 21.5 Å². The molecule has 2 aromatic carbocycles. The van der Waals surface area contributed by atoms with E-state index in [0.29, 0.717) is 17.8 Å². The summed E-state index contributed by atoms with van der Waals surface area (Å²) in [6, 6.07) is 11.4. The Bertz CT molecular complexity index is 603.